The highest BCUT2D eigenvalue weighted by Gasteiger charge is 2.19. The summed E-state index contributed by atoms with van der Waals surface area (Å²) in [6.45, 7) is 0.237. The first-order valence-electron chi connectivity index (χ1n) is 6.95. The fraction of sp³-hybridized carbons (Fsp3) is 0.188. The minimum absolute atomic E-state index is 0.00992. The maximum atomic E-state index is 12.5. The Morgan fingerprint density at radius 2 is 2.04 bits per heavy atom. The molecule has 0 aromatic heterocycles. The molecule has 2 rings (SSSR count). The molecule has 0 aliphatic carbocycles. The van der Waals surface area contributed by atoms with Crippen LogP contribution in [-0.4, -0.2) is 29.9 Å². The molecule has 0 atom stereocenters. The van der Waals surface area contributed by atoms with Crippen molar-refractivity contribution in [3.63, 3.8) is 0 Å². The molecule has 7 nitrogen and oxygen atoms in total. The molecule has 0 fully saturated rings. The number of nitro groups is 1. The lowest BCUT2D eigenvalue weighted by molar-refractivity contribution is -0.383. The van der Waals surface area contributed by atoms with Crippen molar-refractivity contribution >= 4 is 28.9 Å². The third-order valence-corrected chi connectivity index (χ3v) is 3.71. The topological polar surface area (TPSA) is 98.7 Å². The molecule has 2 N–H and O–H groups in total. The Bertz CT molecular complexity index is 795. The van der Waals surface area contributed by atoms with Crippen LogP contribution in [0.3, 0.4) is 0 Å². The number of nitro benzene ring substituents is 1. The molecular weight excluding hydrogens is 334 g/mol. The van der Waals surface area contributed by atoms with E-state index in [2.05, 4.69) is 0 Å². The van der Waals surface area contributed by atoms with Crippen molar-refractivity contribution in [2.45, 2.75) is 6.54 Å². The van der Waals surface area contributed by atoms with Crippen LogP contribution in [0.2, 0.25) is 5.02 Å². The van der Waals surface area contributed by atoms with Gasteiger partial charge in [-0.25, -0.2) is 0 Å². The molecule has 2 aromatic carbocycles. The first-order valence-corrected chi connectivity index (χ1v) is 7.33. The van der Waals surface area contributed by atoms with Crippen LogP contribution in [0.4, 0.5) is 11.4 Å². The van der Waals surface area contributed by atoms with Crippen molar-refractivity contribution in [1.29, 1.82) is 0 Å². The molecule has 0 saturated carbocycles. The number of benzene rings is 2. The molecule has 2 aromatic rings. The maximum Gasteiger partial charge on any atom is 0.292 e. The van der Waals surface area contributed by atoms with Gasteiger partial charge in [0.1, 0.15) is 11.4 Å². The third-order valence-electron chi connectivity index (χ3n) is 3.47. The Hall–Kier alpha value is -2.80. The molecule has 126 valence electrons. The van der Waals surface area contributed by atoms with Crippen LogP contribution in [-0.2, 0) is 6.54 Å². The van der Waals surface area contributed by atoms with Crippen LogP contribution in [0.15, 0.2) is 36.4 Å². The standard InChI is InChI=1S/C16H16ClN3O4/c1-19(9-11-7-12(17)4-6-15(11)24-2)16(21)10-3-5-13(18)14(8-10)20(22)23/h3-8H,9,18H2,1-2H3. The van der Waals surface area contributed by atoms with Gasteiger partial charge in [0.05, 0.1) is 12.0 Å². The zero-order valence-electron chi connectivity index (χ0n) is 13.2. The van der Waals surface area contributed by atoms with E-state index >= 15 is 0 Å². The average molecular weight is 350 g/mol. The van der Waals surface area contributed by atoms with Crippen LogP contribution in [0.25, 0.3) is 0 Å². The van der Waals surface area contributed by atoms with E-state index < -0.39 is 4.92 Å². The van der Waals surface area contributed by atoms with Crippen LogP contribution in [0.1, 0.15) is 15.9 Å². The molecule has 0 saturated heterocycles. The molecule has 0 bridgehead atoms. The van der Waals surface area contributed by atoms with E-state index in [9.17, 15) is 14.9 Å². The second-order valence-electron chi connectivity index (χ2n) is 5.15. The Morgan fingerprint density at radius 1 is 1.33 bits per heavy atom. The van der Waals surface area contributed by atoms with Gasteiger partial charge in [-0.1, -0.05) is 11.6 Å². The number of carbonyl (C=O) groups excluding carboxylic acids is 1. The van der Waals surface area contributed by atoms with Crippen LogP contribution < -0.4 is 10.5 Å². The van der Waals surface area contributed by atoms with Gasteiger partial charge >= 0.3 is 0 Å². The second kappa shape index (κ2) is 7.18. The summed E-state index contributed by atoms with van der Waals surface area (Å²) < 4.78 is 5.25. The zero-order valence-corrected chi connectivity index (χ0v) is 13.9. The Labute approximate surface area is 143 Å². The predicted octanol–water partition coefficient (Wildman–Crippen LogP) is 3.11. The van der Waals surface area contributed by atoms with E-state index in [0.717, 1.165) is 5.56 Å². The maximum absolute atomic E-state index is 12.5. The van der Waals surface area contributed by atoms with Gasteiger partial charge in [0.25, 0.3) is 11.6 Å². The summed E-state index contributed by atoms with van der Waals surface area (Å²) in [6.07, 6.45) is 0. The number of anilines is 1. The lowest BCUT2D eigenvalue weighted by atomic mass is 10.1. The minimum Gasteiger partial charge on any atom is -0.496 e. The predicted molar refractivity (Wildman–Crippen MR) is 91.3 cm³/mol. The molecule has 0 unspecified atom stereocenters. The highest BCUT2D eigenvalue weighted by atomic mass is 35.5. The summed E-state index contributed by atoms with van der Waals surface area (Å²) in [4.78, 5) is 24.3. The Morgan fingerprint density at radius 3 is 2.67 bits per heavy atom. The van der Waals surface area contributed by atoms with Gasteiger partial charge in [0, 0.05) is 35.8 Å². The average Bonchev–Trinajstić information content (AvgIpc) is 2.54. The highest BCUT2D eigenvalue weighted by molar-refractivity contribution is 6.30. The fourth-order valence-electron chi connectivity index (χ4n) is 2.25. The first-order chi connectivity index (χ1) is 11.3. The van der Waals surface area contributed by atoms with Crippen molar-refractivity contribution in [3.8, 4) is 5.75 Å². The number of ether oxygens (including phenoxy) is 1. The number of nitrogens with zero attached hydrogens (tertiary/aromatic N) is 2. The number of amides is 1. The summed E-state index contributed by atoms with van der Waals surface area (Å²) in [6, 6.07) is 9.08. The molecule has 1 amide bonds. The quantitative estimate of drug-likeness (QED) is 0.508. The van der Waals surface area contributed by atoms with Crippen molar-refractivity contribution < 1.29 is 14.5 Å². The molecule has 0 heterocycles. The molecule has 0 aliphatic rings. The lowest BCUT2D eigenvalue weighted by Gasteiger charge is -2.19. The molecule has 0 aliphatic heterocycles. The van der Waals surface area contributed by atoms with Crippen molar-refractivity contribution in [1.82, 2.24) is 4.90 Å². The number of carbonyl (C=O) groups is 1. The van der Waals surface area contributed by atoms with Gasteiger partial charge in [-0.15, -0.1) is 0 Å². The van der Waals surface area contributed by atoms with E-state index in [0.29, 0.717) is 10.8 Å². The zero-order chi connectivity index (χ0) is 17.9. The minimum atomic E-state index is -0.619. The van der Waals surface area contributed by atoms with Crippen LogP contribution in [0.5, 0.6) is 5.75 Å². The van der Waals surface area contributed by atoms with Gasteiger partial charge < -0.3 is 15.4 Å². The second-order valence-corrected chi connectivity index (χ2v) is 5.58. The van der Waals surface area contributed by atoms with Gasteiger partial charge in [0.15, 0.2) is 0 Å². The van der Waals surface area contributed by atoms with E-state index in [1.165, 1.54) is 30.2 Å². The van der Waals surface area contributed by atoms with Crippen LogP contribution >= 0.6 is 11.6 Å². The summed E-state index contributed by atoms with van der Waals surface area (Å²) in [7, 11) is 3.11. The van der Waals surface area contributed by atoms with E-state index in [-0.39, 0.29) is 29.4 Å². The van der Waals surface area contributed by atoms with E-state index in [1.54, 1.807) is 25.2 Å². The van der Waals surface area contributed by atoms with Gasteiger partial charge in [-0.3, -0.25) is 14.9 Å². The van der Waals surface area contributed by atoms with E-state index in [4.69, 9.17) is 22.1 Å². The smallest absolute Gasteiger partial charge is 0.292 e. The number of nitrogens with two attached hydrogens (primary N) is 1. The van der Waals surface area contributed by atoms with Crippen molar-refractivity contribution in [2.24, 2.45) is 0 Å². The number of nitrogen functional groups attached to an aromatic ring is 1. The first kappa shape index (κ1) is 17.6. The summed E-state index contributed by atoms with van der Waals surface area (Å²) in [5, 5.41) is 11.5. The Kier molecular flexibility index (Phi) is 5.25. The number of hydrogen-bond acceptors (Lipinski definition) is 5. The summed E-state index contributed by atoms with van der Waals surface area (Å²) in [5.74, 6) is 0.225. The SMILES string of the molecule is COc1ccc(Cl)cc1CN(C)C(=O)c1ccc(N)c([N+](=O)[O-])c1. The number of rotatable bonds is 5. The van der Waals surface area contributed by atoms with Gasteiger partial charge in [-0.2, -0.15) is 0 Å². The third kappa shape index (κ3) is 3.75. The highest BCUT2D eigenvalue weighted by Crippen LogP contribution is 2.26. The van der Waals surface area contributed by atoms with Gasteiger partial charge in [-0.05, 0) is 30.3 Å². The molecule has 0 radical (unpaired) electrons. The normalized spacial score (nSPS) is 10.3. The molecule has 8 heteroatoms. The van der Waals surface area contributed by atoms with Crippen molar-refractivity contribution in [3.05, 3.63) is 62.7 Å². The number of methoxy groups -OCH3 is 1. The van der Waals surface area contributed by atoms with E-state index in [1.807, 2.05) is 0 Å². The van der Waals surface area contributed by atoms with Crippen LogP contribution in [0, 0.1) is 10.1 Å². The fourth-order valence-corrected chi connectivity index (χ4v) is 2.45. The monoisotopic (exact) mass is 349 g/mol. The summed E-state index contributed by atoms with van der Waals surface area (Å²) >= 11 is 5.98. The number of hydrogen-bond donors (Lipinski definition) is 1. The van der Waals surface area contributed by atoms with Gasteiger partial charge in [0.2, 0.25) is 0 Å². The lowest BCUT2D eigenvalue weighted by Crippen LogP contribution is -2.26. The van der Waals surface area contributed by atoms with Crippen molar-refractivity contribution in [2.75, 3.05) is 19.9 Å². The molecular formula is C16H16ClN3O4. The Balaban J connectivity index is 2.26. The number of halogens is 1. The molecule has 0 spiro atoms. The summed E-state index contributed by atoms with van der Waals surface area (Å²) in [5.41, 5.74) is 6.17. The largest absolute Gasteiger partial charge is 0.496 e. The molecule has 24 heavy (non-hydrogen) atoms.